The van der Waals surface area contributed by atoms with Crippen molar-refractivity contribution in [2.45, 2.75) is 17.7 Å². The zero-order chi connectivity index (χ0) is 13.8. The van der Waals surface area contributed by atoms with Gasteiger partial charge >= 0.3 is 0 Å². The Bertz CT molecular complexity index is 549. The van der Waals surface area contributed by atoms with Gasteiger partial charge in [-0.2, -0.15) is 0 Å². The highest BCUT2D eigenvalue weighted by Gasteiger charge is 2.26. The Kier molecular flexibility index (Phi) is 4.62. The molecule has 2 atom stereocenters. The minimum absolute atomic E-state index is 0.150. The summed E-state index contributed by atoms with van der Waals surface area (Å²) >= 11 is 12.5. The van der Waals surface area contributed by atoms with Crippen molar-refractivity contribution in [2.75, 3.05) is 0 Å². The Hall–Kier alpha value is -1.31. The summed E-state index contributed by atoms with van der Waals surface area (Å²) in [4.78, 5) is 12.2. The first kappa shape index (κ1) is 14.1. The highest BCUT2D eigenvalue weighted by atomic mass is 35.5. The molecule has 19 heavy (non-hydrogen) atoms. The van der Waals surface area contributed by atoms with E-state index in [1.165, 1.54) is 0 Å². The third-order valence-corrected chi connectivity index (χ3v) is 4.04. The number of benzene rings is 2. The molecule has 0 saturated heterocycles. The Morgan fingerprint density at radius 1 is 0.947 bits per heavy atom. The molecule has 2 rings (SSSR count). The van der Waals surface area contributed by atoms with Crippen molar-refractivity contribution in [2.24, 2.45) is 0 Å². The molecule has 3 heteroatoms. The van der Waals surface area contributed by atoms with E-state index in [4.69, 9.17) is 23.2 Å². The largest absolute Gasteiger partial charge is 0.292 e. The van der Waals surface area contributed by atoms with Crippen LogP contribution in [-0.4, -0.2) is 11.2 Å². The van der Waals surface area contributed by atoms with Crippen molar-refractivity contribution in [3.8, 4) is 0 Å². The van der Waals surface area contributed by atoms with Crippen molar-refractivity contribution in [3.63, 3.8) is 0 Å². The molecule has 98 valence electrons. The fourth-order valence-corrected chi connectivity index (χ4v) is 2.35. The smallest absolute Gasteiger partial charge is 0.182 e. The van der Waals surface area contributed by atoms with Gasteiger partial charge in [0.25, 0.3) is 0 Å². The maximum Gasteiger partial charge on any atom is 0.182 e. The Balaban J connectivity index is 2.17. The third-order valence-electron chi connectivity index (χ3n) is 2.96. The lowest BCUT2D eigenvalue weighted by Crippen LogP contribution is -2.19. The van der Waals surface area contributed by atoms with Crippen LogP contribution in [0.2, 0.25) is 0 Å². The Morgan fingerprint density at radius 2 is 1.53 bits per heavy atom. The number of ketones is 1. The van der Waals surface area contributed by atoms with Crippen LogP contribution in [0.5, 0.6) is 0 Å². The van der Waals surface area contributed by atoms with E-state index in [0.717, 1.165) is 11.1 Å². The van der Waals surface area contributed by atoms with Gasteiger partial charge in [0.15, 0.2) is 5.78 Å². The molecule has 0 bridgehead atoms. The second-order valence-electron chi connectivity index (χ2n) is 4.44. The molecule has 0 N–H and O–H groups in total. The van der Waals surface area contributed by atoms with Crippen LogP contribution in [-0.2, 0) is 0 Å². The van der Waals surface area contributed by atoms with E-state index >= 15 is 0 Å². The van der Waals surface area contributed by atoms with Crippen LogP contribution in [0.4, 0.5) is 0 Å². The first-order valence-corrected chi connectivity index (χ1v) is 6.91. The summed E-state index contributed by atoms with van der Waals surface area (Å²) in [5, 5.41) is -1.30. The standard InChI is InChI=1S/C16H14Cl2O/c1-11-7-9-12(10-8-11)14(17)15(18)16(19)13-5-3-2-4-6-13/h2-10,14-15H,1H3/t14-,15-/m1/s1. The summed E-state index contributed by atoms with van der Waals surface area (Å²) in [7, 11) is 0. The number of Topliss-reactive ketones (excluding diaryl/α,β-unsaturated/α-hetero) is 1. The minimum Gasteiger partial charge on any atom is -0.292 e. The molecule has 0 saturated carbocycles. The summed E-state index contributed by atoms with van der Waals surface area (Å²) < 4.78 is 0. The van der Waals surface area contributed by atoms with Gasteiger partial charge in [0, 0.05) is 5.56 Å². The van der Waals surface area contributed by atoms with Crippen molar-refractivity contribution < 1.29 is 4.79 Å². The van der Waals surface area contributed by atoms with E-state index in [-0.39, 0.29) is 5.78 Å². The van der Waals surface area contributed by atoms with Crippen LogP contribution >= 0.6 is 23.2 Å². The van der Waals surface area contributed by atoms with Crippen molar-refractivity contribution in [3.05, 3.63) is 71.3 Å². The zero-order valence-electron chi connectivity index (χ0n) is 10.5. The quantitative estimate of drug-likeness (QED) is 0.586. The van der Waals surface area contributed by atoms with Gasteiger partial charge in [0.05, 0.1) is 5.38 Å². The predicted molar refractivity (Wildman–Crippen MR) is 80.2 cm³/mol. The number of carbonyl (C=O) groups is 1. The summed E-state index contributed by atoms with van der Waals surface area (Å²) in [5.74, 6) is -0.150. The molecule has 0 aromatic heterocycles. The van der Waals surface area contributed by atoms with Gasteiger partial charge in [-0.15, -0.1) is 23.2 Å². The maximum atomic E-state index is 12.2. The van der Waals surface area contributed by atoms with Crippen LogP contribution in [0.1, 0.15) is 26.9 Å². The normalized spacial score (nSPS) is 13.8. The second-order valence-corrected chi connectivity index (χ2v) is 5.38. The van der Waals surface area contributed by atoms with Crippen LogP contribution in [0.25, 0.3) is 0 Å². The summed E-state index contributed by atoms with van der Waals surface area (Å²) in [6.07, 6.45) is 0. The molecule has 2 aromatic carbocycles. The molecule has 0 heterocycles. The van der Waals surface area contributed by atoms with Gasteiger partial charge in [0.1, 0.15) is 5.38 Å². The number of rotatable bonds is 4. The number of aryl methyl sites for hydroxylation is 1. The molecule has 0 aliphatic heterocycles. The molecule has 0 spiro atoms. The summed E-state index contributed by atoms with van der Waals surface area (Å²) in [6, 6.07) is 16.7. The predicted octanol–water partition coefficient (Wildman–Crippen LogP) is 4.77. The number of alkyl halides is 2. The number of hydrogen-bond donors (Lipinski definition) is 0. The van der Waals surface area contributed by atoms with Gasteiger partial charge in [-0.25, -0.2) is 0 Å². The van der Waals surface area contributed by atoms with E-state index in [1.807, 2.05) is 49.4 Å². The zero-order valence-corrected chi connectivity index (χ0v) is 12.0. The lowest BCUT2D eigenvalue weighted by molar-refractivity contribution is 0.0985. The van der Waals surface area contributed by atoms with E-state index in [9.17, 15) is 4.79 Å². The average molecular weight is 293 g/mol. The number of hydrogen-bond acceptors (Lipinski definition) is 1. The van der Waals surface area contributed by atoms with Crippen LogP contribution in [0, 0.1) is 6.92 Å². The molecule has 2 aromatic rings. The lowest BCUT2D eigenvalue weighted by atomic mass is 10.0. The molecule has 0 aliphatic rings. The summed E-state index contributed by atoms with van der Waals surface area (Å²) in [5.41, 5.74) is 2.59. The fourth-order valence-electron chi connectivity index (χ4n) is 1.81. The van der Waals surface area contributed by atoms with E-state index in [1.54, 1.807) is 12.1 Å². The molecular weight excluding hydrogens is 279 g/mol. The number of carbonyl (C=O) groups excluding carboxylic acids is 1. The fraction of sp³-hybridized carbons (Fsp3) is 0.188. The average Bonchev–Trinajstić information content (AvgIpc) is 2.46. The van der Waals surface area contributed by atoms with Crippen LogP contribution in [0.15, 0.2) is 54.6 Å². The first-order chi connectivity index (χ1) is 9.09. The van der Waals surface area contributed by atoms with Gasteiger partial charge in [-0.3, -0.25) is 4.79 Å². The molecule has 0 unspecified atom stereocenters. The molecule has 1 nitrogen and oxygen atoms in total. The van der Waals surface area contributed by atoms with Crippen LogP contribution in [0.3, 0.4) is 0 Å². The van der Waals surface area contributed by atoms with Crippen LogP contribution < -0.4 is 0 Å². The van der Waals surface area contributed by atoms with E-state index in [2.05, 4.69) is 0 Å². The molecule has 0 radical (unpaired) electrons. The highest BCUT2D eigenvalue weighted by molar-refractivity contribution is 6.39. The maximum absolute atomic E-state index is 12.2. The SMILES string of the molecule is Cc1ccc([C@@H](Cl)[C@@H](Cl)C(=O)c2ccccc2)cc1. The molecular formula is C16H14Cl2O. The molecule has 0 amide bonds. The lowest BCUT2D eigenvalue weighted by Gasteiger charge is -2.15. The monoisotopic (exact) mass is 292 g/mol. The Labute approximate surface area is 123 Å². The van der Waals surface area contributed by atoms with Crippen molar-refractivity contribution in [1.29, 1.82) is 0 Å². The van der Waals surface area contributed by atoms with Gasteiger partial charge in [-0.1, -0.05) is 60.2 Å². The van der Waals surface area contributed by atoms with Gasteiger partial charge in [-0.05, 0) is 12.5 Å². The van der Waals surface area contributed by atoms with Gasteiger partial charge < -0.3 is 0 Å². The van der Waals surface area contributed by atoms with E-state index in [0.29, 0.717) is 5.56 Å². The summed E-state index contributed by atoms with van der Waals surface area (Å²) in [6.45, 7) is 2.00. The molecule has 0 aliphatic carbocycles. The Morgan fingerprint density at radius 3 is 2.11 bits per heavy atom. The molecule has 0 fully saturated rings. The third kappa shape index (κ3) is 3.37. The topological polar surface area (TPSA) is 17.1 Å². The highest BCUT2D eigenvalue weighted by Crippen LogP contribution is 2.30. The number of halogens is 2. The van der Waals surface area contributed by atoms with Gasteiger partial charge in [0.2, 0.25) is 0 Å². The second kappa shape index (κ2) is 6.23. The van der Waals surface area contributed by atoms with Crippen molar-refractivity contribution >= 4 is 29.0 Å². The minimum atomic E-state index is -0.772. The first-order valence-electron chi connectivity index (χ1n) is 6.03. The van der Waals surface area contributed by atoms with E-state index < -0.39 is 10.8 Å². The van der Waals surface area contributed by atoms with Crippen molar-refractivity contribution in [1.82, 2.24) is 0 Å².